The quantitative estimate of drug-likeness (QED) is 0.629. The highest BCUT2D eigenvalue weighted by Gasteiger charge is 2.16. The average molecular weight is 230 g/mol. The average Bonchev–Trinajstić information content (AvgIpc) is 2.64. The minimum Gasteiger partial charge on any atom is -0.464 e. The van der Waals surface area contributed by atoms with Gasteiger partial charge in [0.1, 0.15) is 17.6 Å². The highest BCUT2D eigenvalue weighted by atomic mass is 16.3. The summed E-state index contributed by atoms with van der Waals surface area (Å²) in [6.07, 6.45) is 0. The van der Waals surface area contributed by atoms with Crippen LogP contribution in [0.15, 0.2) is 34.7 Å². The van der Waals surface area contributed by atoms with Gasteiger partial charge in [-0.05, 0) is 38.5 Å². The van der Waals surface area contributed by atoms with Crippen molar-refractivity contribution in [1.82, 2.24) is 5.43 Å². The molecule has 0 aliphatic rings. The molecule has 0 aliphatic heterocycles. The molecule has 3 heteroatoms. The lowest BCUT2D eigenvalue weighted by Gasteiger charge is -2.15. The Kier molecular flexibility index (Phi) is 3.31. The van der Waals surface area contributed by atoms with E-state index in [9.17, 15) is 0 Å². The topological polar surface area (TPSA) is 51.2 Å². The minimum absolute atomic E-state index is 0.0951. The molecule has 3 N–H and O–H groups in total. The lowest BCUT2D eigenvalue weighted by Crippen LogP contribution is -2.28. The molecule has 1 atom stereocenters. The van der Waals surface area contributed by atoms with E-state index in [0.29, 0.717) is 0 Å². The van der Waals surface area contributed by atoms with Gasteiger partial charge in [-0.2, -0.15) is 0 Å². The molecule has 17 heavy (non-hydrogen) atoms. The van der Waals surface area contributed by atoms with E-state index in [1.54, 1.807) is 0 Å². The molecule has 1 unspecified atom stereocenters. The van der Waals surface area contributed by atoms with Gasteiger partial charge in [0.15, 0.2) is 0 Å². The van der Waals surface area contributed by atoms with Crippen molar-refractivity contribution in [3.63, 3.8) is 0 Å². The first kappa shape index (κ1) is 11.9. The number of nitrogens with one attached hydrogen (secondary N) is 1. The first-order chi connectivity index (χ1) is 8.10. The smallest absolute Gasteiger partial charge is 0.126 e. The SMILES string of the molecule is Cc1cc(C)cc(C(NN)c2ccc(C)o2)c1. The molecule has 1 heterocycles. The van der Waals surface area contributed by atoms with Crippen molar-refractivity contribution >= 4 is 0 Å². The summed E-state index contributed by atoms with van der Waals surface area (Å²) in [5.41, 5.74) is 6.38. The van der Waals surface area contributed by atoms with Gasteiger partial charge in [-0.1, -0.05) is 29.3 Å². The maximum atomic E-state index is 5.64. The molecule has 2 rings (SSSR count). The highest BCUT2D eigenvalue weighted by molar-refractivity contribution is 5.34. The number of furan rings is 1. The van der Waals surface area contributed by atoms with Crippen LogP contribution in [-0.4, -0.2) is 0 Å². The van der Waals surface area contributed by atoms with Gasteiger partial charge in [0, 0.05) is 0 Å². The molecule has 0 saturated heterocycles. The van der Waals surface area contributed by atoms with Gasteiger partial charge in [-0.25, -0.2) is 5.43 Å². The van der Waals surface area contributed by atoms with E-state index in [2.05, 4.69) is 37.5 Å². The molecule has 0 aliphatic carbocycles. The third-order valence-corrected chi connectivity index (χ3v) is 2.79. The summed E-state index contributed by atoms with van der Waals surface area (Å²) in [6.45, 7) is 6.09. The zero-order valence-corrected chi connectivity index (χ0v) is 10.4. The van der Waals surface area contributed by atoms with Crippen LogP contribution in [-0.2, 0) is 0 Å². The highest BCUT2D eigenvalue weighted by Crippen LogP contribution is 2.24. The molecule has 0 spiro atoms. The Bertz CT molecular complexity index is 496. The van der Waals surface area contributed by atoms with Crippen LogP contribution in [0.3, 0.4) is 0 Å². The summed E-state index contributed by atoms with van der Waals surface area (Å²) >= 11 is 0. The molecular weight excluding hydrogens is 212 g/mol. The summed E-state index contributed by atoms with van der Waals surface area (Å²) in [5.74, 6) is 7.37. The molecule has 1 aromatic heterocycles. The van der Waals surface area contributed by atoms with E-state index in [0.717, 1.165) is 17.1 Å². The number of hydrazine groups is 1. The van der Waals surface area contributed by atoms with Crippen LogP contribution in [0.25, 0.3) is 0 Å². The molecule has 1 aromatic carbocycles. The van der Waals surface area contributed by atoms with E-state index >= 15 is 0 Å². The Balaban J connectivity index is 2.41. The Labute approximate surface area is 102 Å². The van der Waals surface area contributed by atoms with Gasteiger partial charge >= 0.3 is 0 Å². The summed E-state index contributed by atoms with van der Waals surface area (Å²) in [7, 11) is 0. The Hall–Kier alpha value is -1.58. The molecule has 0 radical (unpaired) electrons. The zero-order valence-electron chi connectivity index (χ0n) is 10.4. The largest absolute Gasteiger partial charge is 0.464 e. The van der Waals surface area contributed by atoms with Crippen molar-refractivity contribution in [1.29, 1.82) is 0 Å². The minimum atomic E-state index is -0.0951. The van der Waals surface area contributed by atoms with E-state index in [1.807, 2.05) is 19.1 Å². The van der Waals surface area contributed by atoms with Crippen molar-refractivity contribution in [3.05, 3.63) is 58.5 Å². The normalized spacial score (nSPS) is 12.7. The first-order valence-electron chi connectivity index (χ1n) is 5.71. The fraction of sp³-hybridized carbons (Fsp3) is 0.286. The second-order valence-electron chi connectivity index (χ2n) is 4.47. The predicted molar refractivity (Wildman–Crippen MR) is 68.5 cm³/mol. The molecule has 2 aromatic rings. The summed E-state index contributed by atoms with van der Waals surface area (Å²) < 4.78 is 5.63. The van der Waals surface area contributed by atoms with E-state index in [-0.39, 0.29) is 6.04 Å². The second-order valence-corrected chi connectivity index (χ2v) is 4.47. The zero-order chi connectivity index (χ0) is 12.4. The van der Waals surface area contributed by atoms with Crippen LogP contribution >= 0.6 is 0 Å². The van der Waals surface area contributed by atoms with E-state index < -0.39 is 0 Å². The molecule has 0 bridgehead atoms. The lowest BCUT2D eigenvalue weighted by atomic mass is 10.0. The van der Waals surface area contributed by atoms with Gasteiger partial charge in [-0.3, -0.25) is 5.84 Å². The number of nitrogens with two attached hydrogens (primary N) is 1. The Morgan fingerprint density at radius 2 is 1.71 bits per heavy atom. The third kappa shape index (κ3) is 2.57. The molecule has 3 nitrogen and oxygen atoms in total. The monoisotopic (exact) mass is 230 g/mol. The number of rotatable bonds is 3. The third-order valence-electron chi connectivity index (χ3n) is 2.79. The Morgan fingerprint density at radius 1 is 1.06 bits per heavy atom. The lowest BCUT2D eigenvalue weighted by molar-refractivity contribution is 0.434. The first-order valence-corrected chi connectivity index (χ1v) is 5.71. The van der Waals surface area contributed by atoms with Crippen molar-refractivity contribution in [2.75, 3.05) is 0 Å². The standard InChI is InChI=1S/C14H18N2O/c1-9-6-10(2)8-12(7-9)14(16-15)13-5-4-11(3)17-13/h4-8,14,16H,15H2,1-3H3. The maximum Gasteiger partial charge on any atom is 0.126 e. The number of aryl methyl sites for hydroxylation is 3. The van der Waals surface area contributed by atoms with Gasteiger partial charge < -0.3 is 4.42 Å². The van der Waals surface area contributed by atoms with Gasteiger partial charge in [0.25, 0.3) is 0 Å². The molecular formula is C14H18N2O. The van der Waals surface area contributed by atoms with Crippen LogP contribution in [0.4, 0.5) is 0 Å². The fourth-order valence-corrected chi connectivity index (χ4v) is 2.13. The number of hydrogen-bond acceptors (Lipinski definition) is 3. The summed E-state index contributed by atoms with van der Waals surface area (Å²) in [4.78, 5) is 0. The Morgan fingerprint density at radius 3 is 2.18 bits per heavy atom. The summed E-state index contributed by atoms with van der Waals surface area (Å²) in [5, 5.41) is 0. The maximum absolute atomic E-state index is 5.64. The van der Waals surface area contributed by atoms with Gasteiger partial charge in [0.2, 0.25) is 0 Å². The van der Waals surface area contributed by atoms with Crippen molar-refractivity contribution in [2.24, 2.45) is 5.84 Å². The van der Waals surface area contributed by atoms with Crippen LogP contribution in [0.5, 0.6) is 0 Å². The predicted octanol–water partition coefficient (Wildman–Crippen LogP) is 2.76. The molecule has 0 amide bonds. The molecule has 0 fully saturated rings. The van der Waals surface area contributed by atoms with Crippen LogP contribution in [0, 0.1) is 20.8 Å². The van der Waals surface area contributed by atoms with Crippen LogP contribution in [0.2, 0.25) is 0 Å². The number of benzene rings is 1. The second kappa shape index (κ2) is 4.73. The van der Waals surface area contributed by atoms with Crippen molar-refractivity contribution in [2.45, 2.75) is 26.8 Å². The van der Waals surface area contributed by atoms with Gasteiger partial charge in [0.05, 0.1) is 0 Å². The van der Waals surface area contributed by atoms with Crippen LogP contribution < -0.4 is 11.3 Å². The van der Waals surface area contributed by atoms with Crippen molar-refractivity contribution < 1.29 is 4.42 Å². The number of hydrogen-bond donors (Lipinski definition) is 2. The molecule has 0 saturated carbocycles. The van der Waals surface area contributed by atoms with Crippen LogP contribution in [0.1, 0.15) is 34.3 Å². The van der Waals surface area contributed by atoms with Crippen molar-refractivity contribution in [3.8, 4) is 0 Å². The fourth-order valence-electron chi connectivity index (χ4n) is 2.13. The summed E-state index contributed by atoms with van der Waals surface area (Å²) in [6, 6.07) is 10.2. The van der Waals surface area contributed by atoms with Gasteiger partial charge in [-0.15, -0.1) is 0 Å². The van der Waals surface area contributed by atoms with E-state index in [1.165, 1.54) is 11.1 Å². The molecule has 90 valence electrons. The van der Waals surface area contributed by atoms with E-state index in [4.69, 9.17) is 10.3 Å².